The molecule has 0 bridgehead atoms. The van der Waals surface area contributed by atoms with Crippen LogP contribution in [0.15, 0.2) is 82.8 Å². The van der Waals surface area contributed by atoms with Gasteiger partial charge in [0, 0.05) is 26.8 Å². The van der Waals surface area contributed by atoms with Crippen LogP contribution in [0, 0.1) is 5.82 Å². The zero-order valence-corrected chi connectivity index (χ0v) is 15.8. The van der Waals surface area contributed by atoms with E-state index in [1.807, 2.05) is 36.4 Å². The van der Waals surface area contributed by atoms with Crippen molar-refractivity contribution in [1.82, 2.24) is 5.43 Å². The molecule has 0 aromatic heterocycles. The lowest BCUT2D eigenvalue weighted by Crippen LogP contribution is -2.17. The number of halogens is 2. The summed E-state index contributed by atoms with van der Waals surface area (Å²) in [5.41, 5.74) is 4.30. The number of nitrogens with one attached hydrogen (secondary N) is 1. The van der Waals surface area contributed by atoms with E-state index < -0.39 is 5.82 Å². The van der Waals surface area contributed by atoms with Crippen LogP contribution in [0.1, 0.15) is 21.5 Å². The van der Waals surface area contributed by atoms with E-state index in [-0.39, 0.29) is 5.91 Å². The number of carbonyl (C=O) groups is 1. The smallest absolute Gasteiger partial charge is 0.267 e. The third-order valence-corrected chi connectivity index (χ3v) is 5.05. The summed E-state index contributed by atoms with van der Waals surface area (Å²) in [5, 5.41) is 4.52. The number of hydrazone groups is 1. The zero-order chi connectivity index (χ0) is 19.1. The van der Waals surface area contributed by atoms with E-state index in [9.17, 15) is 9.18 Å². The number of nitrogens with zero attached hydrogens (tertiary/aromatic N) is 1. The topological polar surface area (TPSA) is 41.5 Å². The van der Waals surface area contributed by atoms with Crippen LogP contribution in [0.4, 0.5) is 4.39 Å². The van der Waals surface area contributed by atoms with Gasteiger partial charge in [-0.25, -0.2) is 9.82 Å². The first-order valence-corrected chi connectivity index (χ1v) is 9.53. The molecule has 0 heterocycles. The molecule has 3 nitrogen and oxygen atoms in total. The molecule has 0 spiro atoms. The van der Waals surface area contributed by atoms with Crippen molar-refractivity contribution in [3.63, 3.8) is 0 Å². The van der Waals surface area contributed by atoms with Crippen molar-refractivity contribution in [3.8, 4) is 0 Å². The van der Waals surface area contributed by atoms with Gasteiger partial charge in [-0.1, -0.05) is 41.9 Å². The summed E-state index contributed by atoms with van der Waals surface area (Å²) in [4.78, 5) is 13.2. The minimum Gasteiger partial charge on any atom is -0.267 e. The molecule has 0 atom stereocenters. The van der Waals surface area contributed by atoms with E-state index >= 15 is 0 Å². The molecule has 0 radical (unpaired) electrons. The van der Waals surface area contributed by atoms with Crippen molar-refractivity contribution < 1.29 is 9.18 Å². The molecule has 1 amide bonds. The maximum Gasteiger partial charge on any atom is 0.271 e. The van der Waals surface area contributed by atoms with Gasteiger partial charge in [0.1, 0.15) is 5.82 Å². The largest absolute Gasteiger partial charge is 0.271 e. The Bertz CT molecular complexity index is 943. The fourth-order valence-electron chi connectivity index (χ4n) is 2.25. The molecule has 0 aliphatic heterocycles. The number of rotatable bonds is 6. The highest BCUT2D eigenvalue weighted by Crippen LogP contribution is 2.24. The van der Waals surface area contributed by atoms with Gasteiger partial charge in [0.2, 0.25) is 0 Å². The van der Waals surface area contributed by atoms with Gasteiger partial charge >= 0.3 is 0 Å². The molecule has 136 valence electrons. The molecule has 3 aromatic rings. The van der Waals surface area contributed by atoms with Crippen molar-refractivity contribution in [2.75, 3.05) is 0 Å². The second kappa shape index (κ2) is 9.35. The van der Waals surface area contributed by atoms with Gasteiger partial charge in [-0.3, -0.25) is 4.79 Å². The first kappa shape index (κ1) is 19.1. The van der Waals surface area contributed by atoms with E-state index in [0.29, 0.717) is 16.1 Å². The van der Waals surface area contributed by atoms with E-state index in [4.69, 9.17) is 11.6 Å². The quantitative estimate of drug-likeness (QED) is 0.336. The third kappa shape index (κ3) is 5.67. The molecule has 0 saturated carbocycles. The van der Waals surface area contributed by atoms with E-state index in [2.05, 4.69) is 10.5 Å². The van der Waals surface area contributed by atoms with Crippen LogP contribution in [0.3, 0.4) is 0 Å². The molecule has 0 aliphatic rings. The Hall–Kier alpha value is -2.63. The Kier molecular flexibility index (Phi) is 6.63. The van der Waals surface area contributed by atoms with Gasteiger partial charge < -0.3 is 0 Å². The van der Waals surface area contributed by atoms with Crippen LogP contribution in [-0.2, 0) is 5.75 Å². The van der Waals surface area contributed by atoms with Crippen molar-refractivity contribution in [2.24, 2.45) is 5.10 Å². The molecule has 0 unspecified atom stereocenters. The Morgan fingerprint density at radius 2 is 1.74 bits per heavy atom. The summed E-state index contributed by atoms with van der Waals surface area (Å²) in [7, 11) is 0. The standard InChI is InChI=1S/C21H16ClFN2OS/c22-18-9-11-19(12-10-18)27-14-15-5-7-16(8-6-15)21(26)25-24-13-17-3-1-2-4-20(17)23/h1-13H,14H2,(H,25,26)/b24-13-. The van der Waals surface area contributed by atoms with E-state index in [1.54, 1.807) is 42.1 Å². The fourth-order valence-corrected chi connectivity index (χ4v) is 3.23. The second-order valence-corrected chi connectivity index (χ2v) is 7.15. The predicted molar refractivity (Wildman–Crippen MR) is 109 cm³/mol. The van der Waals surface area contributed by atoms with Gasteiger partial charge in [-0.15, -0.1) is 11.8 Å². The highest BCUT2D eigenvalue weighted by molar-refractivity contribution is 7.98. The fraction of sp³-hybridized carbons (Fsp3) is 0.0476. The summed E-state index contributed by atoms with van der Waals surface area (Å²) in [6.45, 7) is 0. The predicted octanol–water partition coefficient (Wildman–Crippen LogP) is 5.54. The normalized spacial score (nSPS) is 10.9. The zero-order valence-electron chi connectivity index (χ0n) is 14.2. The van der Waals surface area contributed by atoms with Crippen LogP contribution in [0.2, 0.25) is 5.02 Å². The maximum absolute atomic E-state index is 13.5. The molecule has 6 heteroatoms. The summed E-state index contributed by atoms with van der Waals surface area (Å²) in [6.07, 6.45) is 1.28. The average molecular weight is 399 g/mol. The summed E-state index contributed by atoms with van der Waals surface area (Å²) in [5.74, 6) is 0.0483. The number of carbonyl (C=O) groups excluding carboxylic acids is 1. The maximum atomic E-state index is 13.5. The Morgan fingerprint density at radius 1 is 1.04 bits per heavy atom. The van der Waals surface area contributed by atoms with E-state index in [1.165, 1.54) is 12.3 Å². The van der Waals surface area contributed by atoms with Gasteiger partial charge in [-0.05, 0) is 48.0 Å². The van der Waals surface area contributed by atoms with Crippen molar-refractivity contribution in [1.29, 1.82) is 0 Å². The van der Waals surface area contributed by atoms with E-state index in [0.717, 1.165) is 16.2 Å². The molecule has 0 fully saturated rings. The molecule has 3 aromatic carbocycles. The number of amides is 1. The van der Waals surface area contributed by atoms with Gasteiger partial charge in [0.05, 0.1) is 6.21 Å². The molecule has 3 rings (SSSR count). The highest BCUT2D eigenvalue weighted by Gasteiger charge is 2.05. The van der Waals surface area contributed by atoms with Gasteiger partial charge in [0.25, 0.3) is 5.91 Å². The molecular formula is C21H16ClFN2OS. The monoisotopic (exact) mass is 398 g/mol. The Labute approximate surface area is 166 Å². The molecule has 1 N–H and O–H groups in total. The lowest BCUT2D eigenvalue weighted by molar-refractivity contribution is 0.0955. The summed E-state index contributed by atoms with van der Waals surface area (Å²) >= 11 is 7.57. The van der Waals surface area contributed by atoms with Gasteiger partial charge in [0.15, 0.2) is 0 Å². The van der Waals surface area contributed by atoms with Crippen LogP contribution >= 0.6 is 23.4 Å². The number of hydrogen-bond acceptors (Lipinski definition) is 3. The van der Waals surface area contributed by atoms with Crippen molar-refractivity contribution >= 4 is 35.5 Å². The SMILES string of the molecule is O=C(N/N=C\c1ccccc1F)c1ccc(CSc2ccc(Cl)cc2)cc1. The first-order valence-electron chi connectivity index (χ1n) is 8.17. The number of hydrogen-bond donors (Lipinski definition) is 1. The van der Waals surface area contributed by atoms with Crippen molar-refractivity contribution in [2.45, 2.75) is 10.6 Å². The van der Waals surface area contributed by atoms with Gasteiger partial charge in [-0.2, -0.15) is 5.10 Å². The summed E-state index contributed by atoms with van der Waals surface area (Å²) in [6, 6.07) is 21.2. The minimum absolute atomic E-state index is 0.312. The lowest BCUT2D eigenvalue weighted by atomic mass is 10.1. The summed E-state index contributed by atoms with van der Waals surface area (Å²) < 4.78 is 13.5. The van der Waals surface area contributed by atoms with Crippen LogP contribution in [0.25, 0.3) is 0 Å². The Balaban J connectivity index is 1.54. The highest BCUT2D eigenvalue weighted by atomic mass is 35.5. The minimum atomic E-state index is -0.391. The second-order valence-electron chi connectivity index (χ2n) is 5.66. The molecular weight excluding hydrogens is 383 g/mol. The van der Waals surface area contributed by atoms with Crippen molar-refractivity contribution in [3.05, 3.63) is 100 Å². The van der Waals surface area contributed by atoms with Crippen LogP contribution < -0.4 is 5.43 Å². The average Bonchev–Trinajstić information content (AvgIpc) is 2.69. The molecule has 0 aliphatic carbocycles. The third-order valence-electron chi connectivity index (χ3n) is 3.71. The Morgan fingerprint density at radius 3 is 2.44 bits per heavy atom. The lowest BCUT2D eigenvalue weighted by Gasteiger charge is -2.04. The number of thioether (sulfide) groups is 1. The molecule has 0 saturated heterocycles. The first-order chi connectivity index (χ1) is 13.1. The number of benzene rings is 3. The molecule has 27 heavy (non-hydrogen) atoms. The van der Waals surface area contributed by atoms with Crippen LogP contribution in [-0.4, -0.2) is 12.1 Å². The van der Waals surface area contributed by atoms with Crippen LogP contribution in [0.5, 0.6) is 0 Å².